The van der Waals surface area contributed by atoms with Gasteiger partial charge in [-0.05, 0) is 66.4 Å². The van der Waals surface area contributed by atoms with Crippen molar-refractivity contribution in [2.75, 3.05) is 69.6 Å². The Morgan fingerprint density at radius 2 is 1.28 bits per heavy atom. The van der Waals surface area contributed by atoms with E-state index in [2.05, 4.69) is 33.1 Å². The molecule has 1 heterocycles. The summed E-state index contributed by atoms with van der Waals surface area (Å²) in [5.41, 5.74) is 4.15. The first-order chi connectivity index (χ1) is 34.8. The molecule has 0 radical (unpaired) electrons. The van der Waals surface area contributed by atoms with Crippen LogP contribution in [-0.2, 0) is 60.8 Å². The largest absolute Gasteiger partial charge is 0.514 e. The SMILES string of the molecule is CC(C)[C@H](NC(=O)CCOCCOCCOCCOCCNC(=O)CCC(=O)N1Cc2ccccc2C#Cc2ccccc21)C(=O)N[C@@H](C)C(=O)Nc1ccc(COC(=O)Oc2ccc([N+](=O)[O-])cc2)cc1. The minimum absolute atomic E-state index is 0.00136. The van der Waals surface area contributed by atoms with E-state index >= 15 is 0 Å². The Morgan fingerprint density at radius 1 is 0.667 bits per heavy atom. The zero-order valence-electron chi connectivity index (χ0n) is 40.5. The number of hydrogen-bond donors (Lipinski definition) is 4. The first-order valence-corrected chi connectivity index (χ1v) is 23.4. The van der Waals surface area contributed by atoms with Crippen LogP contribution in [0.2, 0.25) is 0 Å². The van der Waals surface area contributed by atoms with E-state index in [1.807, 2.05) is 48.5 Å². The van der Waals surface area contributed by atoms with Gasteiger partial charge in [-0.25, -0.2) is 4.79 Å². The molecule has 72 heavy (non-hydrogen) atoms. The van der Waals surface area contributed by atoms with E-state index in [-0.39, 0.29) is 81.5 Å². The monoisotopic (exact) mass is 992 g/mol. The lowest BCUT2D eigenvalue weighted by atomic mass is 10.0. The molecule has 382 valence electrons. The van der Waals surface area contributed by atoms with Gasteiger partial charge in [-0.15, -0.1) is 0 Å². The molecule has 20 heteroatoms. The van der Waals surface area contributed by atoms with Crippen molar-refractivity contribution in [3.05, 3.63) is 129 Å². The van der Waals surface area contributed by atoms with Gasteiger partial charge in [0.1, 0.15) is 24.4 Å². The molecule has 5 amide bonds. The number of nitrogens with zero attached hydrogens (tertiary/aromatic N) is 2. The van der Waals surface area contributed by atoms with Gasteiger partial charge in [-0.2, -0.15) is 0 Å². The summed E-state index contributed by atoms with van der Waals surface area (Å²) in [5, 5.41) is 21.6. The summed E-state index contributed by atoms with van der Waals surface area (Å²) >= 11 is 0. The molecular formula is C52H60N6O14. The van der Waals surface area contributed by atoms with E-state index in [1.54, 1.807) is 43.0 Å². The molecule has 0 unspecified atom stereocenters. The normalized spacial score (nSPS) is 12.3. The third-order valence-electron chi connectivity index (χ3n) is 10.7. The summed E-state index contributed by atoms with van der Waals surface area (Å²) in [6.45, 7) is 7.77. The first kappa shape index (κ1) is 55.2. The number of hydrogen-bond acceptors (Lipinski definition) is 14. The molecule has 0 spiro atoms. The number of para-hydroxylation sites is 1. The fourth-order valence-electron chi connectivity index (χ4n) is 6.83. The predicted molar refractivity (Wildman–Crippen MR) is 264 cm³/mol. The van der Waals surface area contributed by atoms with Crippen molar-refractivity contribution in [3.8, 4) is 17.6 Å². The zero-order valence-corrected chi connectivity index (χ0v) is 40.5. The molecule has 4 aromatic rings. The van der Waals surface area contributed by atoms with Gasteiger partial charge in [-0.3, -0.25) is 34.1 Å². The van der Waals surface area contributed by atoms with Crippen LogP contribution in [0.15, 0.2) is 97.1 Å². The van der Waals surface area contributed by atoms with Crippen LogP contribution in [0.4, 0.5) is 21.9 Å². The standard InChI is InChI=1S/C52H60N6O14/c1-36(2)49(51(63)54-37(3)50(62)55-42-16-12-38(13-17-42)35-71-52(64)72-44-20-18-43(19-21-44)58(65)66)56-47(60)24-26-67-28-30-69-32-33-70-31-29-68-27-25-53-46(59)22-23-48(61)57-34-41-10-5-4-8-39(41)14-15-40-9-6-7-11-45(40)57/h4-13,16-21,36-37,49H,22-35H2,1-3H3,(H,53,59)(H,54,63)(H,55,62)(H,56,60)/t37-,49-/m0/s1. The smallest absolute Gasteiger partial charge is 0.429 e. The van der Waals surface area contributed by atoms with Crippen LogP contribution in [0.3, 0.4) is 0 Å². The summed E-state index contributed by atoms with van der Waals surface area (Å²) in [7, 11) is 0. The maximum atomic E-state index is 13.3. The molecular weight excluding hydrogens is 933 g/mol. The number of non-ortho nitro benzene ring substituents is 1. The Morgan fingerprint density at radius 3 is 1.94 bits per heavy atom. The minimum Gasteiger partial charge on any atom is -0.429 e. The highest BCUT2D eigenvalue weighted by molar-refractivity contribution is 5.98. The maximum Gasteiger partial charge on any atom is 0.514 e. The number of anilines is 2. The Balaban J connectivity index is 0.840. The molecule has 2 atom stereocenters. The van der Waals surface area contributed by atoms with Gasteiger partial charge in [0.15, 0.2) is 0 Å². The highest BCUT2D eigenvalue weighted by Crippen LogP contribution is 2.26. The number of nitro benzene ring substituents is 1. The van der Waals surface area contributed by atoms with Crippen molar-refractivity contribution in [1.29, 1.82) is 0 Å². The predicted octanol–water partition coefficient (Wildman–Crippen LogP) is 5.19. The van der Waals surface area contributed by atoms with Gasteiger partial charge in [0, 0.05) is 54.8 Å². The van der Waals surface area contributed by atoms with Crippen LogP contribution in [-0.4, -0.2) is 112 Å². The molecule has 1 aliphatic heterocycles. The number of fused-ring (bicyclic) bond motifs is 2. The van der Waals surface area contributed by atoms with E-state index in [0.717, 1.165) is 22.4 Å². The number of carbonyl (C=O) groups excluding carboxylic acids is 6. The lowest BCUT2D eigenvalue weighted by molar-refractivity contribution is -0.384. The van der Waals surface area contributed by atoms with Crippen LogP contribution in [0.1, 0.15) is 62.3 Å². The fraction of sp³-hybridized carbons (Fsp3) is 0.385. The van der Waals surface area contributed by atoms with E-state index in [9.17, 15) is 38.9 Å². The van der Waals surface area contributed by atoms with E-state index in [1.165, 1.54) is 31.2 Å². The molecule has 0 saturated carbocycles. The van der Waals surface area contributed by atoms with E-state index in [0.29, 0.717) is 50.8 Å². The van der Waals surface area contributed by atoms with Crippen molar-refractivity contribution in [1.82, 2.24) is 16.0 Å². The van der Waals surface area contributed by atoms with Crippen molar-refractivity contribution >= 4 is 52.8 Å². The number of nitrogens with one attached hydrogen (secondary N) is 4. The average molecular weight is 993 g/mol. The summed E-state index contributed by atoms with van der Waals surface area (Å²) < 4.78 is 32.2. The van der Waals surface area contributed by atoms with Gasteiger partial charge in [-0.1, -0.05) is 68.2 Å². The average Bonchev–Trinajstić information content (AvgIpc) is 3.36. The molecule has 0 aliphatic carbocycles. The van der Waals surface area contributed by atoms with Crippen molar-refractivity contribution in [2.45, 2.75) is 65.3 Å². The molecule has 0 aromatic heterocycles. The number of ether oxygens (including phenoxy) is 6. The second-order valence-corrected chi connectivity index (χ2v) is 16.6. The molecule has 1 aliphatic rings. The molecule has 20 nitrogen and oxygen atoms in total. The van der Waals surface area contributed by atoms with E-state index in [4.69, 9.17) is 28.4 Å². The third-order valence-corrected chi connectivity index (χ3v) is 10.7. The summed E-state index contributed by atoms with van der Waals surface area (Å²) in [6.07, 6.45) is -0.912. The molecule has 0 bridgehead atoms. The van der Waals surface area contributed by atoms with Gasteiger partial charge < -0.3 is 54.6 Å². The molecule has 0 fully saturated rings. The Kier molecular flexibility index (Phi) is 22.6. The topological polar surface area (TPSA) is 252 Å². The summed E-state index contributed by atoms with van der Waals surface area (Å²) in [4.78, 5) is 88.5. The van der Waals surface area contributed by atoms with E-state index < -0.39 is 40.9 Å². The maximum absolute atomic E-state index is 13.3. The van der Waals surface area contributed by atoms with Gasteiger partial charge in [0.05, 0.1) is 70.0 Å². The quantitative estimate of drug-likeness (QED) is 0.0143. The van der Waals surface area contributed by atoms with Gasteiger partial charge >= 0.3 is 6.16 Å². The Hall–Kier alpha value is -7.70. The summed E-state index contributed by atoms with van der Waals surface area (Å²) in [6, 6.07) is 24.7. The van der Waals surface area contributed by atoms with Crippen LogP contribution in [0, 0.1) is 27.9 Å². The Bertz CT molecular complexity index is 2530. The van der Waals surface area contributed by atoms with Crippen LogP contribution in [0.25, 0.3) is 0 Å². The second-order valence-electron chi connectivity index (χ2n) is 16.6. The lowest BCUT2D eigenvalue weighted by Gasteiger charge is -2.26. The number of nitro groups is 1. The minimum atomic E-state index is -1.01. The van der Waals surface area contributed by atoms with Crippen molar-refractivity contribution < 1.29 is 62.1 Å². The molecule has 5 rings (SSSR count). The molecule has 4 N–H and O–H groups in total. The highest BCUT2D eigenvalue weighted by atomic mass is 16.7. The molecule has 4 aromatic carbocycles. The first-order valence-electron chi connectivity index (χ1n) is 23.4. The van der Waals surface area contributed by atoms with Crippen molar-refractivity contribution in [2.24, 2.45) is 5.92 Å². The van der Waals surface area contributed by atoms with Crippen molar-refractivity contribution in [3.63, 3.8) is 0 Å². The number of benzene rings is 4. The van der Waals surface area contributed by atoms with Crippen LogP contribution >= 0.6 is 0 Å². The second kappa shape index (κ2) is 29.5. The number of carbonyl (C=O) groups is 6. The van der Waals surface area contributed by atoms with Crippen LogP contribution < -0.4 is 30.9 Å². The van der Waals surface area contributed by atoms with Gasteiger partial charge in [0.2, 0.25) is 29.5 Å². The Labute approximate surface area is 417 Å². The highest BCUT2D eigenvalue weighted by Gasteiger charge is 2.27. The van der Waals surface area contributed by atoms with Gasteiger partial charge in [0.25, 0.3) is 5.69 Å². The van der Waals surface area contributed by atoms with Crippen LogP contribution in [0.5, 0.6) is 5.75 Å². The fourth-order valence-corrected chi connectivity index (χ4v) is 6.83. The third kappa shape index (κ3) is 18.9. The summed E-state index contributed by atoms with van der Waals surface area (Å²) in [5.74, 6) is 4.33. The lowest BCUT2D eigenvalue weighted by Crippen LogP contribution is -2.53. The zero-order chi connectivity index (χ0) is 51.7. The molecule has 0 saturated heterocycles. The number of amides is 5. The number of rotatable bonds is 28.